The van der Waals surface area contributed by atoms with Gasteiger partial charge in [0.15, 0.2) is 0 Å². The van der Waals surface area contributed by atoms with Crippen molar-refractivity contribution in [2.75, 3.05) is 0 Å². The second kappa shape index (κ2) is 28.8. The third kappa shape index (κ3) is 26.3. The van der Waals surface area contributed by atoms with Crippen molar-refractivity contribution in [3.8, 4) is 0 Å². The van der Waals surface area contributed by atoms with Crippen LogP contribution < -0.4 is 0 Å². The van der Waals surface area contributed by atoms with Crippen molar-refractivity contribution < 1.29 is 232 Å². The van der Waals surface area contributed by atoms with Gasteiger partial charge in [-0.05, 0) is 0 Å². The minimum atomic E-state index is -8.15. The van der Waals surface area contributed by atoms with Gasteiger partial charge in [-0.2, -0.15) is 158 Å². The summed E-state index contributed by atoms with van der Waals surface area (Å²) in [4.78, 5) is 0. The van der Waals surface area contributed by atoms with Gasteiger partial charge in [0, 0.05) is 150 Å². The first-order chi connectivity index (χ1) is 45.2. The Kier molecular flexibility index (Phi) is 25.0. The molecule has 8 heterocycles. The molecule has 0 aromatic heterocycles. The molecule has 0 amide bonds. The maximum Gasteiger partial charge on any atom is 0.479 e. The molecule has 0 saturated carbocycles. The molecule has 8 rings (SSSR count). The molecule has 8 aliphatic rings. The van der Waals surface area contributed by atoms with E-state index in [1.54, 1.807) is 0 Å². The minimum absolute atomic E-state index is 2.85. The van der Waals surface area contributed by atoms with Crippen LogP contribution >= 0.6 is 0 Å². The summed E-state index contributed by atoms with van der Waals surface area (Å²) >= 11 is 0. The summed E-state index contributed by atoms with van der Waals surface area (Å²) in [5.74, 6) is 0. The number of alkyl halides is 36. The van der Waals surface area contributed by atoms with Gasteiger partial charge in [0.1, 0.15) is 0 Å². The summed E-state index contributed by atoms with van der Waals surface area (Å²) in [6.45, 7) is 0. The smallest absolute Gasteiger partial charge is 0.373 e. The average Bonchev–Trinajstić information content (AvgIpc) is 0.685. The number of hydrogen-bond acceptors (Lipinski definition) is 18. The van der Waals surface area contributed by atoms with Crippen LogP contribution in [-0.4, -0.2) is 180 Å². The van der Waals surface area contributed by atoms with Crippen molar-refractivity contribution in [1.29, 1.82) is 0 Å². The molecule has 8 aliphatic heterocycles. The summed E-state index contributed by atoms with van der Waals surface area (Å²) in [6, 6.07) is -34.8. The van der Waals surface area contributed by atoms with Crippen LogP contribution in [0, 0.1) is 0 Å². The highest BCUT2D eigenvalue weighted by atomic mass is 28.6. The highest BCUT2D eigenvalue weighted by Gasteiger charge is 2.86. The monoisotopic (exact) mass is 1790 g/mol. The van der Waals surface area contributed by atoms with Crippen LogP contribution in [0.5, 0.6) is 0 Å². The van der Waals surface area contributed by atoms with Crippen LogP contribution in [0.4, 0.5) is 158 Å². The van der Waals surface area contributed by atoms with E-state index in [-0.39, 0.29) is 0 Å². The van der Waals surface area contributed by atoms with Crippen molar-refractivity contribution in [3.63, 3.8) is 0 Å². The highest BCUT2D eigenvalue weighted by molar-refractivity contribution is 7.04. The molecule has 0 unspecified atom stereocenters. The molecular formula is C36H48F36O18Si12. The van der Waals surface area contributed by atoms with Crippen molar-refractivity contribution in [2.45, 2.75) is 224 Å². The lowest BCUT2D eigenvalue weighted by molar-refractivity contribution is -0.137. The van der Waals surface area contributed by atoms with E-state index in [2.05, 4.69) is 0 Å². The van der Waals surface area contributed by atoms with Gasteiger partial charge in [-0.3, -0.25) is 0 Å². The first-order valence-corrected chi connectivity index (χ1v) is 51.8. The fraction of sp³-hybridized carbons (Fsp3) is 1.00. The Bertz CT molecular complexity index is 2370. The molecule has 0 aliphatic carbocycles. The SMILES string of the molecule is FC(F)(F)CC[Si]12O[Si]3(CCC(F)(F)F)O[Si]4(CCC(F)(F)F)O[Si](CCC(F)(F)F)(O1)O[Si]1(CCC(F)(F)F)O[Si]5(CCC(F)(F)F)O[Si]6(CCC(F)(F)F)O[Si](CCC(F)(F)F)(O1)O[Si](CCC(F)(F)F)(O2)O[Si](CCC(F)(F)F)(O3)O[Si](CCC(F)(F)F)(O6)O[Si](CCC(F)(F)F)(O5)O4. The summed E-state index contributed by atoms with van der Waals surface area (Å²) in [7, 11) is -97.1. The van der Waals surface area contributed by atoms with Gasteiger partial charge < -0.3 is 74.1 Å². The molecule has 0 aromatic rings. The second-order valence-electron chi connectivity index (χ2n) is 23.4. The Balaban J connectivity index is 1.99. The van der Waals surface area contributed by atoms with Crippen LogP contribution in [0.3, 0.4) is 0 Å². The maximum absolute atomic E-state index is 15.3. The van der Waals surface area contributed by atoms with Crippen LogP contribution in [0.25, 0.3) is 0 Å². The van der Waals surface area contributed by atoms with E-state index in [1.165, 1.54) is 0 Å². The Hall–Kier alpha value is -0.637. The van der Waals surface area contributed by atoms with Crippen molar-refractivity contribution in [2.24, 2.45) is 0 Å². The van der Waals surface area contributed by atoms with Crippen LogP contribution in [-0.2, 0) is 74.1 Å². The van der Waals surface area contributed by atoms with Crippen molar-refractivity contribution in [1.82, 2.24) is 0 Å². The third-order valence-electron chi connectivity index (χ3n) is 14.2. The maximum atomic E-state index is 15.3. The zero-order valence-corrected chi connectivity index (χ0v) is 61.9. The molecule has 0 aromatic carbocycles. The minimum Gasteiger partial charge on any atom is -0.373 e. The standard InChI is InChI=1S/C36H48F36O18Si12/c37-25(38,39)1-13-91-73-99(21-9-33(61,62)63)76-94(16-4-28(46,47)48)83-97(19-7-31(55,56)57)79-100(89-99,22-10-34(64,65)66)74-92(81-91,14-2-26(40,41)42)86-96(18-6-30(52,53)54)78-101(23-11-35(67,68)69)75-93(85-91,15-3-27(43,44)45)82-95(87-94,17-5-29(49,50)51)77-102(90-101,24-12-36(70,71)72)80-98(84-96,88-97)20-8-32(58,59)60/h1-24H2. The number of hydrogen-bond donors (Lipinski definition) is 0. The van der Waals surface area contributed by atoms with E-state index >= 15 is 158 Å². The van der Waals surface area contributed by atoms with E-state index in [9.17, 15) is 0 Å². The van der Waals surface area contributed by atoms with Gasteiger partial charge in [-0.1, -0.05) is 0 Å². The molecule has 0 radical (unpaired) electrons. The van der Waals surface area contributed by atoms with Crippen LogP contribution in [0.2, 0.25) is 72.5 Å². The van der Waals surface area contributed by atoms with E-state index in [1.807, 2.05) is 0 Å². The first kappa shape index (κ1) is 88.6. The molecule has 0 atom stereocenters. The highest BCUT2D eigenvalue weighted by Crippen LogP contribution is 2.59. The van der Waals surface area contributed by atoms with Crippen molar-refractivity contribution in [3.05, 3.63) is 0 Å². The van der Waals surface area contributed by atoms with Crippen molar-refractivity contribution >= 4 is 106 Å². The van der Waals surface area contributed by atoms with Gasteiger partial charge >= 0.3 is 180 Å². The van der Waals surface area contributed by atoms with E-state index in [0.717, 1.165) is 0 Å². The van der Waals surface area contributed by atoms with E-state index in [0.29, 0.717) is 0 Å². The third-order valence-corrected chi connectivity index (χ3v) is 69.3. The summed E-state index contributed by atoms with van der Waals surface area (Å²) in [5.41, 5.74) is 0. The lowest BCUT2D eigenvalue weighted by atomic mass is 10.5. The predicted molar refractivity (Wildman–Crippen MR) is 274 cm³/mol. The largest absolute Gasteiger partial charge is 0.479 e. The van der Waals surface area contributed by atoms with Gasteiger partial charge in [0.05, 0.1) is 0 Å². The molecular weight excluding hydrogens is 1740 g/mol. The fourth-order valence-corrected chi connectivity index (χ4v) is 85.8. The zero-order valence-electron chi connectivity index (χ0n) is 49.9. The quantitative estimate of drug-likeness (QED) is 0.0661. The molecule has 0 N–H and O–H groups in total. The Morgan fingerprint density at radius 1 is 0.108 bits per heavy atom. The molecule has 0 spiro atoms. The molecule has 66 heteroatoms. The van der Waals surface area contributed by atoms with Crippen LogP contribution in [0.1, 0.15) is 77.0 Å². The van der Waals surface area contributed by atoms with Gasteiger partial charge in [0.2, 0.25) is 0 Å². The first-order valence-electron chi connectivity index (χ1n) is 28.6. The van der Waals surface area contributed by atoms with Gasteiger partial charge in [-0.15, -0.1) is 0 Å². The Morgan fingerprint density at radius 2 is 0.157 bits per heavy atom. The molecule has 8 saturated heterocycles. The lowest BCUT2D eigenvalue weighted by Gasteiger charge is -2.63. The number of halogens is 36. The second-order valence-corrected chi connectivity index (χ2v) is 60.5. The summed E-state index contributed by atoms with van der Waals surface area (Å²) < 4.78 is 654. The summed E-state index contributed by atoms with van der Waals surface area (Å²) in [6.07, 6.45) is -112. The Morgan fingerprint density at radius 3 is 0.196 bits per heavy atom. The molecule has 18 nitrogen and oxygen atoms in total. The molecule has 600 valence electrons. The average molecular weight is 1790 g/mol. The van der Waals surface area contributed by atoms with E-state index < -0.39 is 329 Å². The molecule has 8 fully saturated rings. The summed E-state index contributed by atoms with van der Waals surface area (Å²) in [5, 5.41) is 0. The molecule has 102 heavy (non-hydrogen) atoms. The van der Waals surface area contributed by atoms with Crippen LogP contribution in [0.15, 0.2) is 0 Å². The van der Waals surface area contributed by atoms with Gasteiger partial charge in [-0.25, -0.2) is 0 Å². The number of rotatable bonds is 24. The fourth-order valence-electron chi connectivity index (χ4n) is 10.4. The normalized spacial score (nSPS) is 36.4. The van der Waals surface area contributed by atoms with E-state index in [4.69, 9.17) is 74.1 Å². The van der Waals surface area contributed by atoms with Gasteiger partial charge in [0.25, 0.3) is 0 Å². The zero-order chi connectivity index (χ0) is 77.7. The predicted octanol–water partition coefficient (Wildman–Crippen LogP) is 17.1. The Labute approximate surface area is 559 Å². The lowest BCUT2D eigenvalue weighted by Crippen LogP contribution is -2.88. The molecule has 12 bridgehead atoms. The topological polar surface area (TPSA) is 166 Å².